The second-order valence-corrected chi connectivity index (χ2v) is 6.77. The Morgan fingerprint density at radius 2 is 2.12 bits per heavy atom. The van der Waals surface area contributed by atoms with Crippen molar-refractivity contribution in [2.75, 3.05) is 11.4 Å². The first-order chi connectivity index (χ1) is 11.6. The van der Waals surface area contributed by atoms with E-state index in [-0.39, 0.29) is 18.2 Å². The van der Waals surface area contributed by atoms with Crippen molar-refractivity contribution < 1.29 is 14.3 Å². The highest BCUT2D eigenvalue weighted by molar-refractivity contribution is 7.10. The third-order valence-electron chi connectivity index (χ3n) is 4.05. The van der Waals surface area contributed by atoms with E-state index in [0.29, 0.717) is 18.8 Å². The van der Waals surface area contributed by atoms with Crippen LogP contribution in [0.15, 0.2) is 35.7 Å². The van der Waals surface area contributed by atoms with E-state index in [1.807, 2.05) is 42.6 Å². The molecule has 0 saturated heterocycles. The number of nitrogens with one attached hydrogen (secondary N) is 1. The first-order valence-corrected chi connectivity index (χ1v) is 8.81. The monoisotopic (exact) mass is 344 g/mol. The van der Waals surface area contributed by atoms with Gasteiger partial charge in [-0.05, 0) is 43.0 Å². The van der Waals surface area contributed by atoms with Gasteiger partial charge in [-0.2, -0.15) is 0 Å². The van der Waals surface area contributed by atoms with E-state index in [2.05, 4.69) is 5.32 Å². The first-order valence-electron chi connectivity index (χ1n) is 7.93. The van der Waals surface area contributed by atoms with Gasteiger partial charge < -0.3 is 15.0 Å². The summed E-state index contributed by atoms with van der Waals surface area (Å²) in [6, 6.07) is 9.45. The first kappa shape index (κ1) is 16.5. The van der Waals surface area contributed by atoms with E-state index in [9.17, 15) is 9.59 Å². The van der Waals surface area contributed by atoms with Crippen LogP contribution in [0.25, 0.3) is 0 Å². The molecule has 2 aromatic rings. The quantitative estimate of drug-likeness (QED) is 0.907. The molecule has 5 nitrogen and oxygen atoms in total. The molecule has 1 N–H and O–H groups in total. The third kappa shape index (κ3) is 3.43. The van der Waals surface area contributed by atoms with Crippen molar-refractivity contribution in [1.82, 2.24) is 5.32 Å². The van der Waals surface area contributed by atoms with Crippen molar-refractivity contribution in [2.45, 2.75) is 32.9 Å². The van der Waals surface area contributed by atoms with Gasteiger partial charge in [0, 0.05) is 17.8 Å². The number of carbonyl (C=O) groups excluding carboxylic acids is 2. The van der Waals surface area contributed by atoms with Gasteiger partial charge in [0.15, 0.2) is 6.10 Å². The van der Waals surface area contributed by atoms with Crippen molar-refractivity contribution in [1.29, 1.82) is 0 Å². The Kier molecular flexibility index (Phi) is 4.85. The number of anilines is 1. The highest BCUT2D eigenvalue weighted by Crippen LogP contribution is 2.33. The maximum absolute atomic E-state index is 12.4. The predicted octanol–water partition coefficient (Wildman–Crippen LogP) is 2.88. The van der Waals surface area contributed by atoms with Crippen LogP contribution in [0, 0.1) is 6.92 Å². The lowest BCUT2D eigenvalue weighted by atomic mass is 10.1. The maximum atomic E-state index is 12.4. The second kappa shape index (κ2) is 7.05. The molecular formula is C18H20N2O3S. The molecule has 0 saturated carbocycles. The molecule has 2 amide bonds. The van der Waals surface area contributed by atoms with Gasteiger partial charge in [-0.25, -0.2) is 0 Å². The number of benzene rings is 1. The van der Waals surface area contributed by atoms with E-state index in [0.717, 1.165) is 10.6 Å². The Morgan fingerprint density at radius 1 is 1.33 bits per heavy atom. The lowest BCUT2D eigenvalue weighted by molar-refractivity contribution is -0.125. The molecule has 126 valence electrons. The van der Waals surface area contributed by atoms with Crippen LogP contribution >= 0.6 is 11.3 Å². The molecule has 0 bridgehead atoms. The van der Waals surface area contributed by atoms with Gasteiger partial charge in [0.25, 0.3) is 5.91 Å². The zero-order valence-electron chi connectivity index (χ0n) is 13.7. The number of para-hydroxylation sites is 2. The average molecular weight is 344 g/mol. The molecule has 2 heterocycles. The molecule has 0 radical (unpaired) electrons. The Morgan fingerprint density at radius 3 is 2.88 bits per heavy atom. The molecular weight excluding hydrogens is 324 g/mol. The summed E-state index contributed by atoms with van der Waals surface area (Å²) in [7, 11) is 0. The molecule has 1 unspecified atom stereocenters. The number of aryl methyl sites for hydroxylation is 1. The summed E-state index contributed by atoms with van der Waals surface area (Å²) < 4.78 is 5.60. The maximum Gasteiger partial charge on any atom is 0.267 e. The number of hydrogen-bond donors (Lipinski definition) is 1. The van der Waals surface area contributed by atoms with Gasteiger partial charge >= 0.3 is 0 Å². The molecule has 0 fully saturated rings. The van der Waals surface area contributed by atoms with Crippen molar-refractivity contribution >= 4 is 28.8 Å². The van der Waals surface area contributed by atoms with Crippen molar-refractivity contribution in [2.24, 2.45) is 0 Å². The molecule has 1 aromatic carbocycles. The van der Waals surface area contributed by atoms with E-state index in [1.54, 1.807) is 23.2 Å². The van der Waals surface area contributed by atoms with Gasteiger partial charge in [-0.1, -0.05) is 12.1 Å². The van der Waals surface area contributed by atoms with Crippen molar-refractivity contribution in [3.63, 3.8) is 0 Å². The summed E-state index contributed by atoms with van der Waals surface area (Å²) in [5.41, 5.74) is 1.91. The number of rotatable bonds is 5. The van der Waals surface area contributed by atoms with Crippen molar-refractivity contribution in [3.05, 3.63) is 46.2 Å². The van der Waals surface area contributed by atoms with Crippen LogP contribution in [0.4, 0.5) is 5.69 Å². The van der Waals surface area contributed by atoms with Crippen molar-refractivity contribution in [3.8, 4) is 5.75 Å². The van der Waals surface area contributed by atoms with Gasteiger partial charge in [-0.3, -0.25) is 9.59 Å². The van der Waals surface area contributed by atoms with Gasteiger partial charge in [0.2, 0.25) is 5.91 Å². The van der Waals surface area contributed by atoms with E-state index >= 15 is 0 Å². The fourth-order valence-electron chi connectivity index (χ4n) is 2.66. The molecule has 0 aliphatic carbocycles. The highest BCUT2D eigenvalue weighted by Gasteiger charge is 2.31. The Balaban J connectivity index is 1.60. The zero-order valence-corrected chi connectivity index (χ0v) is 14.6. The summed E-state index contributed by atoms with van der Waals surface area (Å²) >= 11 is 1.63. The molecule has 1 aromatic heterocycles. The van der Waals surface area contributed by atoms with Gasteiger partial charge in [0.1, 0.15) is 5.75 Å². The minimum Gasteiger partial charge on any atom is -0.479 e. The van der Waals surface area contributed by atoms with E-state index in [1.165, 1.54) is 5.56 Å². The third-order valence-corrected chi connectivity index (χ3v) is 5.07. The Labute approximate surface area is 145 Å². The highest BCUT2D eigenvalue weighted by atomic mass is 32.1. The molecule has 1 aliphatic heterocycles. The second-order valence-electron chi connectivity index (χ2n) is 5.77. The predicted molar refractivity (Wildman–Crippen MR) is 94.4 cm³/mol. The number of fused-ring (bicyclic) bond motifs is 1. The Hall–Kier alpha value is -2.34. The molecule has 0 spiro atoms. The average Bonchev–Trinajstić information content (AvgIpc) is 2.98. The summed E-state index contributed by atoms with van der Waals surface area (Å²) in [6.07, 6.45) is -0.270. The Bertz CT molecular complexity index is 756. The SMILES string of the molecule is Cc1ccsc1CNC(=O)CCN1C(=O)C(C)Oc2ccccc21. The fraction of sp³-hybridized carbons (Fsp3) is 0.333. The minimum atomic E-state index is -0.531. The number of thiophene rings is 1. The van der Waals surface area contributed by atoms with Crippen LogP contribution in [0.1, 0.15) is 23.8 Å². The number of nitrogens with zero attached hydrogens (tertiary/aromatic N) is 1. The number of hydrogen-bond acceptors (Lipinski definition) is 4. The number of amides is 2. The normalized spacial score (nSPS) is 16.5. The number of carbonyl (C=O) groups is 2. The van der Waals surface area contributed by atoms with Crippen LogP contribution in [-0.4, -0.2) is 24.5 Å². The van der Waals surface area contributed by atoms with E-state index < -0.39 is 6.10 Å². The largest absolute Gasteiger partial charge is 0.479 e. The summed E-state index contributed by atoms with van der Waals surface area (Å²) in [5, 5.41) is 4.93. The summed E-state index contributed by atoms with van der Waals surface area (Å²) in [6.45, 7) is 4.64. The minimum absolute atomic E-state index is 0.0628. The lowest BCUT2D eigenvalue weighted by Crippen LogP contribution is -2.45. The topological polar surface area (TPSA) is 58.6 Å². The summed E-state index contributed by atoms with van der Waals surface area (Å²) in [5.74, 6) is 0.502. The van der Waals surface area contributed by atoms with Crippen LogP contribution in [0.2, 0.25) is 0 Å². The van der Waals surface area contributed by atoms with Gasteiger partial charge in [-0.15, -0.1) is 11.3 Å². The molecule has 1 atom stereocenters. The van der Waals surface area contributed by atoms with Crippen LogP contribution in [0.3, 0.4) is 0 Å². The lowest BCUT2D eigenvalue weighted by Gasteiger charge is -2.32. The standard InChI is InChI=1S/C18H20N2O3S/c1-12-8-10-24-16(12)11-19-17(21)7-9-20-14-5-3-4-6-15(14)23-13(2)18(20)22/h3-6,8,10,13H,7,9,11H2,1-2H3,(H,19,21). The van der Waals surface area contributed by atoms with E-state index in [4.69, 9.17) is 4.74 Å². The van der Waals surface area contributed by atoms with Crippen LogP contribution in [-0.2, 0) is 16.1 Å². The number of ether oxygens (including phenoxy) is 1. The summed E-state index contributed by atoms with van der Waals surface area (Å²) in [4.78, 5) is 27.3. The van der Waals surface area contributed by atoms with Gasteiger partial charge in [0.05, 0.1) is 12.2 Å². The smallest absolute Gasteiger partial charge is 0.267 e. The molecule has 6 heteroatoms. The molecule has 24 heavy (non-hydrogen) atoms. The van der Waals surface area contributed by atoms with Crippen LogP contribution < -0.4 is 15.0 Å². The fourth-order valence-corrected chi connectivity index (χ4v) is 3.50. The zero-order chi connectivity index (χ0) is 17.1. The molecule has 1 aliphatic rings. The molecule has 3 rings (SSSR count). The van der Waals surface area contributed by atoms with Crippen LogP contribution in [0.5, 0.6) is 5.75 Å².